The monoisotopic (exact) mass is 1010 g/mol. The molecule has 8 rings (SSSR count). The highest BCUT2D eigenvalue weighted by atomic mass is 127. The largest absolute Gasteiger partial charge is 0.359 e. The standard InChI is InChI=1S/C35H35N3.C20H23I.C7H8.C2H6/c1-25-12-11-18-31-22-30(20-21-34(31)36-25)29-17-9-10-19-32(23-29)38-26(2)33(27-13-5-3-6-14-27)24-35(37-38)28-15-7-4-8-16-28;1-5-7-14-20(6-2)21-15-10-11-17(3)16-19-13-9-8-12-18(19)4;1-7-5-3-2-4-6-7;1-2/h3-9,11-13,15-23,26-27,33,36H,10,14,24H2,1-2H3;5-16H,1H2,2-4H3;2-6H,1H3;1-2H3/b;11-10-,14-7-,17-16+,20-6+;;. The van der Waals surface area contributed by atoms with Crippen LogP contribution in [-0.4, -0.2) is 20.8 Å². The summed E-state index contributed by atoms with van der Waals surface area (Å²) < 4.78 is 3.69. The predicted molar refractivity (Wildman–Crippen MR) is 311 cm³/mol. The molecular formula is C64H72IN3. The van der Waals surface area contributed by atoms with Crippen LogP contribution in [0.25, 0.3) is 17.7 Å². The lowest BCUT2D eigenvalue weighted by molar-refractivity contribution is 0.164. The molecule has 3 nitrogen and oxygen atoms in total. The Morgan fingerprint density at radius 3 is 2.26 bits per heavy atom. The third-order valence-electron chi connectivity index (χ3n) is 11.8. The molecule has 3 unspecified atom stereocenters. The van der Waals surface area contributed by atoms with E-state index in [-0.39, 0.29) is 20.7 Å². The lowest BCUT2D eigenvalue weighted by atomic mass is 9.77. The first-order valence-corrected chi connectivity index (χ1v) is 26.5. The summed E-state index contributed by atoms with van der Waals surface area (Å²) in [5.74, 6) is 0.998. The maximum atomic E-state index is 5.30. The number of fused-ring (bicyclic) bond motifs is 1. The quantitative estimate of drug-likeness (QED) is 0.127. The summed E-state index contributed by atoms with van der Waals surface area (Å²) in [5, 5.41) is 11.1. The second-order valence-electron chi connectivity index (χ2n) is 16.8. The first kappa shape index (κ1) is 52.6. The van der Waals surface area contributed by atoms with Crippen molar-refractivity contribution >= 4 is 53.9 Å². The smallest absolute Gasteiger partial charge is 0.0685 e. The van der Waals surface area contributed by atoms with E-state index in [0.717, 1.165) is 30.6 Å². The van der Waals surface area contributed by atoms with Crippen molar-refractivity contribution in [2.75, 3.05) is 5.32 Å². The van der Waals surface area contributed by atoms with Gasteiger partial charge in [0.25, 0.3) is 0 Å². The number of hydrogen-bond acceptors (Lipinski definition) is 3. The molecule has 350 valence electrons. The topological polar surface area (TPSA) is 27.6 Å². The number of hydrogen-bond donors (Lipinski definition) is 1. The van der Waals surface area contributed by atoms with Crippen LogP contribution < -0.4 is 5.32 Å². The Hall–Kier alpha value is -6.37. The molecule has 2 heterocycles. The third-order valence-corrected chi connectivity index (χ3v) is 14.3. The van der Waals surface area contributed by atoms with Gasteiger partial charge >= 0.3 is 0 Å². The van der Waals surface area contributed by atoms with Crippen molar-refractivity contribution < 1.29 is 0 Å². The molecule has 0 amide bonds. The Balaban J connectivity index is 0.000000241. The van der Waals surface area contributed by atoms with Gasteiger partial charge in [-0.3, -0.25) is 5.01 Å². The van der Waals surface area contributed by atoms with Gasteiger partial charge in [0.05, 0.1) is 17.5 Å². The number of hydrazone groups is 1. The molecule has 68 heavy (non-hydrogen) atoms. The fourth-order valence-corrected chi connectivity index (χ4v) is 9.73. The van der Waals surface area contributed by atoms with E-state index < -0.39 is 0 Å². The Bertz CT molecular complexity index is 2670. The Kier molecular flexibility index (Phi) is 22.2. The zero-order valence-electron chi connectivity index (χ0n) is 41.6. The van der Waals surface area contributed by atoms with Crippen molar-refractivity contribution in [3.05, 3.63) is 261 Å². The van der Waals surface area contributed by atoms with E-state index in [9.17, 15) is 0 Å². The van der Waals surface area contributed by atoms with Gasteiger partial charge in [0.2, 0.25) is 0 Å². The van der Waals surface area contributed by atoms with Crippen LogP contribution in [0.2, 0.25) is 0 Å². The Morgan fingerprint density at radius 1 is 0.824 bits per heavy atom. The number of halogens is 1. The van der Waals surface area contributed by atoms with Crippen LogP contribution in [0.1, 0.15) is 94.2 Å². The van der Waals surface area contributed by atoms with Gasteiger partial charge < -0.3 is 5.32 Å². The summed E-state index contributed by atoms with van der Waals surface area (Å²) in [6.45, 7) is 20.6. The fourth-order valence-electron chi connectivity index (χ4n) is 8.13. The summed E-state index contributed by atoms with van der Waals surface area (Å²) in [6, 6.07) is 36.4. The van der Waals surface area contributed by atoms with Crippen molar-refractivity contribution in [3.8, 4) is 0 Å². The van der Waals surface area contributed by atoms with Crippen molar-refractivity contribution in [2.24, 2.45) is 16.9 Å². The average Bonchev–Trinajstić information content (AvgIpc) is 3.74. The molecule has 4 aliphatic rings. The molecule has 2 aliphatic heterocycles. The van der Waals surface area contributed by atoms with E-state index in [2.05, 4.69) is 245 Å². The lowest BCUT2D eigenvalue weighted by Gasteiger charge is -2.41. The van der Waals surface area contributed by atoms with Crippen molar-refractivity contribution in [3.63, 3.8) is 0 Å². The van der Waals surface area contributed by atoms with Crippen LogP contribution in [-0.2, 0) is 0 Å². The molecule has 0 radical (unpaired) electrons. The van der Waals surface area contributed by atoms with Crippen molar-refractivity contribution in [2.45, 2.75) is 80.7 Å². The van der Waals surface area contributed by atoms with E-state index in [1.165, 1.54) is 59.5 Å². The molecule has 0 saturated heterocycles. The summed E-state index contributed by atoms with van der Waals surface area (Å²) in [5.41, 5.74) is 14.7. The molecule has 2 aliphatic carbocycles. The predicted octanol–water partition coefficient (Wildman–Crippen LogP) is 17.9. The minimum Gasteiger partial charge on any atom is -0.359 e. The Labute approximate surface area is 420 Å². The molecule has 4 heteroatoms. The van der Waals surface area contributed by atoms with Gasteiger partial charge in [-0.25, -0.2) is 0 Å². The van der Waals surface area contributed by atoms with E-state index in [4.69, 9.17) is 5.10 Å². The normalized spacial score (nSPS) is 18.9. The summed E-state index contributed by atoms with van der Waals surface area (Å²) in [6.07, 6.45) is 42.3. The first-order valence-electron chi connectivity index (χ1n) is 24.2. The molecule has 3 atom stereocenters. The van der Waals surface area contributed by atoms with Gasteiger partial charge in [0.1, 0.15) is 0 Å². The molecule has 0 spiro atoms. The SMILES string of the molecule is C=C\C=C/C(=C\C)/I=C/C=C\C(C)=C\c1ccccc1C.CC.CC1=CC=Cc2cc(C3=CC(N4N=C(c5ccccc5)CC(C5C=CC=CC5)C4C)=CCC=C3)ccc2N1.Cc1ccccc1. The number of allylic oxidation sites excluding steroid dienone is 20. The second kappa shape index (κ2) is 28.7. The van der Waals surface area contributed by atoms with Gasteiger partial charge in [0, 0.05) is 15.0 Å². The van der Waals surface area contributed by atoms with Gasteiger partial charge in [-0.1, -0.05) is 234 Å². The zero-order valence-corrected chi connectivity index (χ0v) is 43.8. The number of benzene rings is 4. The van der Waals surface area contributed by atoms with Crippen LogP contribution in [0.4, 0.5) is 5.69 Å². The Morgan fingerprint density at radius 2 is 1.57 bits per heavy atom. The van der Waals surface area contributed by atoms with E-state index in [1.54, 1.807) is 0 Å². The first-order chi connectivity index (χ1) is 33.2. The van der Waals surface area contributed by atoms with Crippen molar-refractivity contribution in [1.82, 2.24) is 5.01 Å². The van der Waals surface area contributed by atoms with Crippen LogP contribution in [0, 0.1) is 25.7 Å². The molecular weight excluding hydrogens is 938 g/mol. The van der Waals surface area contributed by atoms with Crippen molar-refractivity contribution in [1.29, 1.82) is 0 Å². The minimum atomic E-state index is -0.0650. The minimum absolute atomic E-state index is 0.0650. The number of aryl methyl sites for hydroxylation is 2. The highest BCUT2D eigenvalue weighted by Gasteiger charge is 2.35. The fraction of sp³-hybridized carbons (Fsp3) is 0.219. The van der Waals surface area contributed by atoms with E-state index in [0.29, 0.717) is 17.9 Å². The molecule has 0 saturated carbocycles. The number of nitrogens with one attached hydrogen (secondary N) is 1. The van der Waals surface area contributed by atoms with Gasteiger partial charge in [0.15, 0.2) is 0 Å². The molecule has 0 fully saturated rings. The molecule has 0 bridgehead atoms. The average molecular weight is 1010 g/mol. The number of nitrogens with zero attached hydrogens (tertiary/aromatic N) is 2. The highest BCUT2D eigenvalue weighted by molar-refractivity contribution is 14.2. The summed E-state index contributed by atoms with van der Waals surface area (Å²) in [4.78, 5) is 0. The molecule has 1 N–H and O–H groups in total. The van der Waals surface area contributed by atoms with Gasteiger partial charge in [-0.05, 0) is 140 Å². The maximum absolute atomic E-state index is 5.30. The number of anilines is 1. The zero-order chi connectivity index (χ0) is 48.5. The summed E-state index contributed by atoms with van der Waals surface area (Å²) >= 11 is -0.0650. The van der Waals surface area contributed by atoms with Crippen LogP contribution in [0.15, 0.2) is 233 Å². The molecule has 4 aromatic carbocycles. The van der Waals surface area contributed by atoms with Crippen LogP contribution in [0.5, 0.6) is 0 Å². The second-order valence-corrected chi connectivity index (χ2v) is 19.4. The lowest BCUT2D eigenvalue weighted by Crippen LogP contribution is -2.43. The van der Waals surface area contributed by atoms with E-state index >= 15 is 0 Å². The third kappa shape index (κ3) is 16.4. The molecule has 4 aromatic rings. The number of rotatable bonds is 10. The highest BCUT2D eigenvalue weighted by Crippen LogP contribution is 2.38. The van der Waals surface area contributed by atoms with Crippen LogP contribution >= 0.6 is 20.7 Å². The maximum Gasteiger partial charge on any atom is 0.0685 e. The molecule has 0 aromatic heterocycles. The van der Waals surface area contributed by atoms with E-state index in [1.807, 2.05) is 44.2 Å². The van der Waals surface area contributed by atoms with Gasteiger partial charge in [-0.15, -0.1) is 0 Å². The van der Waals surface area contributed by atoms with Gasteiger partial charge in [-0.2, -0.15) is 5.10 Å². The van der Waals surface area contributed by atoms with Crippen LogP contribution in [0.3, 0.4) is 0 Å². The summed E-state index contributed by atoms with van der Waals surface area (Å²) in [7, 11) is 0.